The number of rotatable bonds is 7. The molecule has 0 radical (unpaired) electrons. The summed E-state index contributed by atoms with van der Waals surface area (Å²) in [6, 6.07) is 85.2. The third-order valence-corrected chi connectivity index (χ3v) is 14.9. The van der Waals surface area contributed by atoms with Crippen molar-refractivity contribution < 1.29 is 8.83 Å². The zero-order valence-corrected chi connectivity index (χ0v) is 37.5. The Morgan fingerprint density at radius 2 is 0.926 bits per heavy atom. The largest absolute Gasteiger partial charge is 0.456 e. The third-order valence-electron chi connectivity index (χ3n) is 13.7. The Kier molecular flexibility index (Phi) is 8.76. The Labute approximate surface area is 396 Å². The molecule has 3 aromatic heterocycles. The average Bonchev–Trinajstić information content (AvgIpc) is 4.10. The molecule has 0 saturated heterocycles. The van der Waals surface area contributed by atoms with Crippen molar-refractivity contribution >= 4 is 103 Å². The van der Waals surface area contributed by atoms with Gasteiger partial charge in [-0.2, -0.15) is 0 Å². The van der Waals surface area contributed by atoms with Gasteiger partial charge >= 0.3 is 0 Å². The molecule has 3 nitrogen and oxygen atoms in total. The van der Waals surface area contributed by atoms with Crippen LogP contribution in [0.1, 0.15) is 0 Å². The van der Waals surface area contributed by atoms with Crippen LogP contribution in [0.2, 0.25) is 0 Å². The molecule has 3 heterocycles. The molecular weight excluding hydrogens is 847 g/mol. The van der Waals surface area contributed by atoms with Crippen LogP contribution in [-0.4, -0.2) is 0 Å². The summed E-state index contributed by atoms with van der Waals surface area (Å²) in [5, 5.41) is 9.34. The number of nitrogens with zero attached hydrogens (tertiary/aromatic N) is 1. The quantitative estimate of drug-likeness (QED) is 0.160. The van der Waals surface area contributed by atoms with E-state index in [1.54, 1.807) is 0 Å². The highest BCUT2D eigenvalue weighted by molar-refractivity contribution is 7.26. The standard InChI is InChI=1S/C64H39NO2S/c1-2-12-40(13-3-1)41-28-32-47(33-29-41)65(48-34-30-42(31-35-48)49-18-10-20-53-51-16-6-8-22-57(51)67-63(49)53)56-36-37-58-62(55-38-45-14-4-5-15-46(45)39-59(55)66-58)61(56)44-26-24-43(25-27-44)50-19-11-21-54-52-17-7-9-23-60(52)68-64(50)54/h1-39H. The van der Waals surface area contributed by atoms with Gasteiger partial charge in [0.25, 0.3) is 0 Å². The molecule has 68 heavy (non-hydrogen) atoms. The number of anilines is 3. The Bertz CT molecular complexity index is 4240. The molecule has 0 bridgehead atoms. The molecule has 11 aromatic carbocycles. The van der Waals surface area contributed by atoms with Gasteiger partial charge in [0.05, 0.1) is 5.69 Å². The van der Waals surface area contributed by atoms with Crippen LogP contribution in [0.25, 0.3) is 119 Å². The molecule has 0 spiro atoms. The van der Waals surface area contributed by atoms with Crippen molar-refractivity contribution in [3.8, 4) is 44.5 Å². The minimum Gasteiger partial charge on any atom is -0.456 e. The van der Waals surface area contributed by atoms with E-state index in [-0.39, 0.29) is 0 Å². The maximum atomic E-state index is 6.80. The van der Waals surface area contributed by atoms with Crippen molar-refractivity contribution in [2.75, 3.05) is 4.90 Å². The van der Waals surface area contributed by atoms with E-state index < -0.39 is 0 Å². The lowest BCUT2D eigenvalue weighted by atomic mass is 9.93. The highest BCUT2D eigenvalue weighted by atomic mass is 32.1. The van der Waals surface area contributed by atoms with Crippen molar-refractivity contribution in [1.29, 1.82) is 0 Å². The number of thiophene rings is 1. The summed E-state index contributed by atoms with van der Waals surface area (Å²) in [6.07, 6.45) is 0. The lowest BCUT2D eigenvalue weighted by Crippen LogP contribution is -2.11. The van der Waals surface area contributed by atoms with E-state index in [1.165, 1.54) is 42.2 Å². The van der Waals surface area contributed by atoms with Crippen molar-refractivity contribution in [3.63, 3.8) is 0 Å². The topological polar surface area (TPSA) is 29.5 Å². The van der Waals surface area contributed by atoms with Crippen LogP contribution in [0.4, 0.5) is 17.1 Å². The van der Waals surface area contributed by atoms with Crippen molar-refractivity contribution in [2.45, 2.75) is 0 Å². The number of benzene rings is 11. The van der Waals surface area contributed by atoms with Crippen LogP contribution >= 0.6 is 11.3 Å². The predicted octanol–water partition coefficient (Wildman–Crippen LogP) is 19.1. The third kappa shape index (κ3) is 6.19. The van der Waals surface area contributed by atoms with E-state index in [1.807, 2.05) is 23.5 Å². The van der Waals surface area contributed by atoms with Gasteiger partial charge in [-0.1, -0.05) is 176 Å². The first-order valence-corrected chi connectivity index (χ1v) is 23.9. The highest BCUT2D eigenvalue weighted by Gasteiger charge is 2.24. The first kappa shape index (κ1) is 38.6. The van der Waals surface area contributed by atoms with Gasteiger partial charge in [-0.25, -0.2) is 0 Å². The van der Waals surface area contributed by atoms with Gasteiger partial charge in [0.2, 0.25) is 0 Å². The molecule has 0 atom stereocenters. The zero-order chi connectivity index (χ0) is 44.7. The van der Waals surface area contributed by atoms with E-state index in [4.69, 9.17) is 8.83 Å². The van der Waals surface area contributed by atoms with Crippen LogP contribution in [0, 0.1) is 0 Å². The van der Waals surface area contributed by atoms with Crippen LogP contribution in [-0.2, 0) is 0 Å². The maximum Gasteiger partial charge on any atom is 0.143 e. The molecule has 0 fully saturated rings. The number of fused-ring (bicyclic) bond motifs is 10. The SMILES string of the molecule is c1ccc(-c2ccc(N(c3ccc(-c4cccc5c4oc4ccccc45)cc3)c3ccc4oc5cc6ccccc6cc5c4c3-c3ccc(-c4cccc5c4sc4ccccc45)cc3)cc2)cc1. The lowest BCUT2D eigenvalue weighted by molar-refractivity contribution is 0.669. The molecule has 0 saturated carbocycles. The molecule has 0 aliphatic carbocycles. The van der Waals surface area contributed by atoms with Gasteiger partial charge in [-0.3, -0.25) is 0 Å². The molecule has 0 amide bonds. The predicted molar refractivity (Wildman–Crippen MR) is 288 cm³/mol. The summed E-state index contributed by atoms with van der Waals surface area (Å²) in [5.41, 5.74) is 15.8. The van der Waals surface area contributed by atoms with E-state index in [0.29, 0.717) is 0 Å². The molecule has 4 heteroatoms. The number of para-hydroxylation sites is 2. The maximum absolute atomic E-state index is 6.80. The zero-order valence-electron chi connectivity index (χ0n) is 36.7. The molecule has 14 aromatic rings. The summed E-state index contributed by atoms with van der Waals surface area (Å²) in [7, 11) is 0. The number of hydrogen-bond donors (Lipinski definition) is 0. The van der Waals surface area contributed by atoms with Gasteiger partial charge < -0.3 is 13.7 Å². The molecule has 14 rings (SSSR count). The average molecular weight is 886 g/mol. The number of furan rings is 2. The van der Waals surface area contributed by atoms with Crippen LogP contribution in [0.3, 0.4) is 0 Å². The van der Waals surface area contributed by atoms with Gasteiger partial charge in [0, 0.05) is 64.2 Å². The van der Waals surface area contributed by atoms with Crippen molar-refractivity contribution in [1.82, 2.24) is 0 Å². The summed E-state index contributed by atoms with van der Waals surface area (Å²) in [6.45, 7) is 0. The highest BCUT2D eigenvalue weighted by Crippen LogP contribution is 2.49. The van der Waals surface area contributed by atoms with Crippen molar-refractivity contribution in [3.05, 3.63) is 237 Å². The fourth-order valence-corrected chi connectivity index (χ4v) is 11.7. The van der Waals surface area contributed by atoms with Gasteiger partial charge in [0.1, 0.15) is 22.3 Å². The van der Waals surface area contributed by atoms with Crippen molar-refractivity contribution in [2.24, 2.45) is 0 Å². The van der Waals surface area contributed by atoms with Crippen LogP contribution in [0.5, 0.6) is 0 Å². The van der Waals surface area contributed by atoms with Gasteiger partial charge in [-0.15, -0.1) is 11.3 Å². The van der Waals surface area contributed by atoms with E-state index in [2.05, 4.69) is 229 Å². The summed E-state index contributed by atoms with van der Waals surface area (Å²) in [4.78, 5) is 2.40. The lowest BCUT2D eigenvalue weighted by Gasteiger charge is -2.29. The summed E-state index contributed by atoms with van der Waals surface area (Å²) < 4.78 is 15.9. The minimum atomic E-state index is 0.849. The normalized spacial score (nSPS) is 11.8. The Balaban J connectivity index is 0.982. The Morgan fingerprint density at radius 1 is 0.338 bits per heavy atom. The second kappa shape index (κ2) is 15.5. The monoisotopic (exact) mass is 885 g/mol. The molecule has 0 unspecified atom stereocenters. The molecule has 0 aliphatic rings. The Morgan fingerprint density at radius 3 is 1.72 bits per heavy atom. The van der Waals surface area contributed by atoms with Gasteiger partial charge in [-0.05, 0) is 105 Å². The number of hydrogen-bond acceptors (Lipinski definition) is 4. The molecule has 0 N–H and O–H groups in total. The van der Waals surface area contributed by atoms with Crippen LogP contribution < -0.4 is 4.90 Å². The summed E-state index contributed by atoms with van der Waals surface area (Å²) in [5.74, 6) is 0. The minimum absolute atomic E-state index is 0.849. The molecular formula is C64H39NO2S. The fraction of sp³-hybridized carbons (Fsp3) is 0. The van der Waals surface area contributed by atoms with Crippen LogP contribution in [0.15, 0.2) is 245 Å². The fourth-order valence-electron chi connectivity index (χ4n) is 10.4. The van der Waals surface area contributed by atoms with E-state index in [0.717, 1.165) is 94.1 Å². The summed E-state index contributed by atoms with van der Waals surface area (Å²) >= 11 is 1.87. The molecule has 0 aliphatic heterocycles. The van der Waals surface area contributed by atoms with Gasteiger partial charge in [0.15, 0.2) is 0 Å². The second-order valence-corrected chi connectivity index (χ2v) is 18.6. The first-order valence-electron chi connectivity index (χ1n) is 23.1. The van der Waals surface area contributed by atoms with E-state index in [9.17, 15) is 0 Å². The van der Waals surface area contributed by atoms with E-state index >= 15 is 0 Å². The second-order valence-electron chi connectivity index (χ2n) is 17.6. The smallest absolute Gasteiger partial charge is 0.143 e. The first-order chi connectivity index (χ1) is 33.7. The molecule has 318 valence electrons. The Hall–Kier alpha value is -8.70.